The Morgan fingerprint density at radius 2 is 1.53 bits per heavy atom. The smallest absolute Gasteiger partial charge is 0.233 e. The number of carbonyl (C=O) groups is 3. The monoisotopic (exact) mass is 660 g/mol. The SMILES string of the molecule is C=C=C=C=C=C=C=C=C=C=C=C=C=C=C=C(C)C1N=CCN1CC[NH3+].CCCCCC(CCC)C1CC(=O)N(CCCCCC(=O)[O-])C1=O. The van der Waals surface area contributed by atoms with Gasteiger partial charge in [-0.15, -0.1) is 0 Å². The lowest BCUT2D eigenvalue weighted by atomic mass is 9.83. The summed E-state index contributed by atoms with van der Waals surface area (Å²) in [6.45, 7) is 12.6. The summed E-state index contributed by atoms with van der Waals surface area (Å²) >= 11 is 0. The first-order valence-electron chi connectivity index (χ1n) is 17.0. The number of carbonyl (C=O) groups excluding carboxylic acids is 3. The number of hydrogen-bond acceptors (Lipinski definition) is 6. The molecule has 2 rings (SSSR count). The van der Waals surface area contributed by atoms with Crippen LogP contribution in [-0.4, -0.2) is 66.1 Å². The van der Waals surface area contributed by atoms with Crippen molar-refractivity contribution in [3.8, 4) is 0 Å². The van der Waals surface area contributed by atoms with Crippen LogP contribution in [0.15, 0.2) is 97.4 Å². The highest BCUT2D eigenvalue weighted by molar-refractivity contribution is 6.03. The normalized spacial score (nSPS) is 16.0. The molecule has 0 aromatic rings. The standard InChI is InChI=1S/C22H15N3.C19H33NO4/c1-3-4-5-6-7-8-9-10-11-12-13-14-15-16-21(2)22-24-18-20-25(22)19-17-23;1-3-5-7-11-15(10-4-2)16-14-17(21)20(19(16)24)13-9-6-8-12-18(22)23/h18,22H,1,17,19-20,23H2,2H3;15-16H,3-14H2,1-2H3,(H,22,23). The lowest BCUT2D eigenvalue weighted by molar-refractivity contribution is -0.369. The van der Waals surface area contributed by atoms with Gasteiger partial charge in [-0.3, -0.25) is 24.4 Å². The van der Waals surface area contributed by atoms with Crippen molar-refractivity contribution in [2.24, 2.45) is 16.8 Å². The van der Waals surface area contributed by atoms with Crippen LogP contribution in [0, 0.1) is 11.8 Å². The van der Waals surface area contributed by atoms with E-state index in [0.717, 1.165) is 57.3 Å². The fourth-order valence-electron chi connectivity index (χ4n) is 5.40. The maximum absolute atomic E-state index is 12.6. The van der Waals surface area contributed by atoms with E-state index in [4.69, 9.17) is 0 Å². The highest BCUT2D eigenvalue weighted by atomic mass is 16.4. The second-order valence-electron chi connectivity index (χ2n) is 11.5. The van der Waals surface area contributed by atoms with E-state index in [0.29, 0.717) is 38.1 Å². The van der Waals surface area contributed by atoms with Crippen molar-refractivity contribution < 1.29 is 25.2 Å². The molecule has 2 amide bonds. The summed E-state index contributed by atoms with van der Waals surface area (Å²) in [6, 6.07) is 0. The van der Waals surface area contributed by atoms with E-state index >= 15 is 0 Å². The molecular weight excluding hydrogens is 612 g/mol. The van der Waals surface area contributed by atoms with Crippen molar-refractivity contribution in [2.75, 3.05) is 26.2 Å². The van der Waals surface area contributed by atoms with Gasteiger partial charge in [0.2, 0.25) is 11.8 Å². The topological polar surface area (TPSA) is 121 Å². The summed E-state index contributed by atoms with van der Waals surface area (Å²) in [7, 11) is 0. The Hall–Kier alpha value is -5.14. The molecule has 3 unspecified atom stereocenters. The molecule has 0 radical (unpaired) electrons. The third kappa shape index (κ3) is 18.1. The maximum Gasteiger partial charge on any atom is 0.233 e. The van der Waals surface area contributed by atoms with E-state index in [1.807, 2.05) is 13.1 Å². The van der Waals surface area contributed by atoms with Gasteiger partial charge in [0, 0.05) is 37.3 Å². The van der Waals surface area contributed by atoms with Crippen LogP contribution in [0.3, 0.4) is 0 Å². The average molecular weight is 661 g/mol. The molecule has 0 aromatic carbocycles. The van der Waals surface area contributed by atoms with E-state index in [1.54, 1.807) is 0 Å². The van der Waals surface area contributed by atoms with Crippen molar-refractivity contribution in [1.29, 1.82) is 0 Å². The number of carboxylic acids is 1. The largest absolute Gasteiger partial charge is 0.550 e. The zero-order valence-electron chi connectivity index (χ0n) is 29.3. The predicted octanol–water partition coefficient (Wildman–Crippen LogP) is 4.36. The molecule has 3 N–H and O–H groups in total. The first-order valence-corrected chi connectivity index (χ1v) is 17.0. The van der Waals surface area contributed by atoms with Gasteiger partial charge in [-0.2, -0.15) is 0 Å². The number of aliphatic imine (C=N–C) groups is 1. The second-order valence-corrected chi connectivity index (χ2v) is 11.5. The third-order valence-electron chi connectivity index (χ3n) is 7.73. The minimum atomic E-state index is -1.04. The molecular formula is C41H48N4O4. The number of amides is 2. The first-order chi connectivity index (χ1) is 23.8. The number of hydrogen-bond donors (Lipinski definition) is 1. The van der Waals surface area contributed by atoms with Crippen molar-refractivity contribution in [3.05, 3.63) is 92.4 Å². The van der Waals surface area contributed by atoms with Gasteiger partial charge in [-0.1, -0.05) is 57.4 Å². The lowest BCUT2D eigenvalue weighted by Crippen LogP contribution is -2.55. The highest BCUT2D eigenvalue weighted by Gasteiger charge is 2.41. The Balaban J connectivity index is 0.000000490. The van der Waals surface area contributed by atoms with Crippen molar-refractivity contribution >= 4 is 24.0 Å². The minimum Gasteiger partial charge on any atom is -0.550 e. The van der Waals surface area contributed by atoms with E-state index < -0.39 is 5.97 Å². The highest BCUT2D eigenvalue weighted by Crippen LogP contribution is 2.33. The zero-order valence-corrected chi connectivity index (χ0v) is 29.3. The van der Waals surface area contributed by atoms with Crippen LogP contribution >= 0.6 is 0 Å². The Bertz CT molecular complexity index is 1720. The van der Waals surface area contributed by atoms with Crippen LogP contribution in [0.5, 0.6) is 0 Å². The Labute approximate surface area is 291 Å². The number of quaternary nitrogens is 1. The van der Waals surface area contributed by atoms with E-state index in [-0.39, 0.29) is 30.3 Å². The molecule has 1 saturated heterocycles. The summed E-state index contributed by atoms with van der Waals surface area (Å²) in [5.41, 5.74) is 41.1. The number of imide groups is 1. The molecule has 8 heteroatoms. The van der Waals surface area contributed by atoms with Gasteiger partial charge >= 0.3 is 0 Å². The van der Waals surface area contributed by atoms with Crippen molar-refractivity contribution in [3.63, 3.8) is 0 Å². The summed E-state index contributed by atoms with van der Waals surface area (Å²) in [5, 5.41) is 10.4. The molecule has 0 spiro atoms. The maximum atomic E-state index is 12.6. The summed E-state index contributed by atoms with van der Waals surface area (Å²) < 4.78 is 0. The molecule has 1 fully saturated rings. The summed E-state index contributed by atoms with van der Waals surface area (Å²) in [6.07, 6.45) is 10.8. The van der Waals surface area contributed by atoms with E-state index in [9.17, 15) is 19.5 Å². The number of carboxylic acid groups (broad SMARTS) is 1. The molecule has 49 heavy (non-hydrogen) atoms. The van der Waals surface area contributed by atoms with Crippen LogP contribution < -0.4 is 10.8 Å². The number of unbranched alkanes of at least 4 members (excludes halogenated alkanes) is 4. The van der Waals surface area contributed by atoms with Crippen molar-refractivity contribution in [1.82, 2.24) is 9.80 Å². The van der Waals surface area contributed by atoms with Crippen LogP contribution in [0.1, 0.15) is 91.4 Å². The third-order valence-corrected chi connectivity index (χ3v) is 7.73. The summed E-state index contributed by atoms with van der Waals surface area (Å²) in [5.74, 6) is -0.923. The Kier molecular flexibility index (Phi) is 23.0. The molecule has 2 aliphatic rings. The van der Waals surface area contributed by atoms with Crippen LogP contribution in [0.4, 0.5) is 0 Å². The molecule has 8 nitrogen and oxygen atoms in total. The van der Waals surface area contributed by atoms with Gasteiger partial charge in [0.25, 0.3) is 0 Å². The fourth-order valence-corrected chi connectivity index (χ4v) is 5.40. The summed E-state index contributed by atoms with van der Waals surface area (Å²) in [4.78, 5) is 43.3. The first kappa shape index (κ1) is 41.9. The van der Waals surface area contributed by atoms with Crippen LogP contribution in [0.2, 0.25) is 0 Å². The van der Waals surface area contributed by atoms with Gasteiger partial charge in [-0.05, 0) is 120 Å². The number of nitrogens with zero attached hydrogens (tertiary/aromatic N) is 3. The molecule has 256 valence electrons. The van der Waals surface area contributed by atoms with Crippen LogP contribution in [0.25, 0.3) is 0 Å². The number of likely N-dealkylation sites (tertiary alicyclic amines) is 1. The van der Waals surface area contributed by atoms with Crippen molar-refractivity contribution in [2.45, 2.75) is 97.6 Å². The fraction of sp³-hybridized carbons (Fsp3) is 0.512. The van der Waals surface area contributed by atoms with Gasteiger partial charge < -0.3 is 15.6 Å². The Morgan fingerprint density at radius 3 is 2.10 bits per heavy atom. The molecule has 0 saturated carbocycles. The molecule has 0 aromatic heterocycles. The second kappa shape index (κ2) is 26.9. The predicted molar refractivity (Wildman–Crippen MR) is 186 cm³/mol. The zero-order chi connectivity index (χ0) is 36.1. The molecule has 2 aliphatic heterocycles. The molecule has 0 bridgehead atoms. The Morgan fingerprint density at radius 1 is 0.898 bits per heavy atom. The van der Waals surface area contributed by atoms with Gasteiger partial charge in [0.15, 0.2) is 0 Å². The van der Waals surface area contributed by atoms with Crippen LogP contribution in [-0.2, 0) is 14.4 Å². The van der Waals surface area contributed by atoms with Gasteiger partial charge in [0.1, 0.15) is 6.17 Å². The quantitative estimate of drug-likeness (QED) is 0.150. The minimum absolute atomic E-state index is 0.00477. The van der Waals surface area contributed by atoms with E-state index in [2.05, 4.69) is 116 Å². The molecule has 3 atom stereocenters. The molecule has 2 heterocycles. The van der Waals surface area contributed by atoms with Gasteiger partial charge in [-0.25, -0.2) is 0 Å². The number of rotatable bonds is 16. The molecule has 0 aliphatic carbocycles. The van der Waals surface area contributed by atoms with Gasteiger partial charge in [0.05, 0.1) is 19.0 Å². The lowest BCUT2D eigenvalue weighted by Gasteiger charge is -2.22. The van der Waals surface area contributed by atoms with E-state index in [1.165, 1.54) is 11.3 Å². The number of aliphatic carboxylic acids is 1. The average Bonchev–Trinajstić information content (AvgIpc) is 3.66.